The summed E-state index contributed by atoms with van der Waals surface area (Å²) in [5.74, 6) is -0.924. The average molecular weight is 315 g/mol. The molecule has 0 aromatic heterocycles. The molecule has 0 saturated heterocycles. The van der Waals surface area contributed by atoms with E-state index in [1.165, 1.54) is 12.1 Å². The molecule has 0 amide bonds. The summed E-state index contributed by atoms with van der Waals surface area (Å²) in [5, 5.41) is 0.0283. The zero-order valence-corrected chi connectivity index (χ0v) is 12.7. The van der Waals surface area contributed by atoms with Gasteiger partial charge in [-0.1, -0.05) is 65.7 Å². The van der Waals surface area contributed by atoms with Crippen LogP contribution in [0.25, 0.3) is 22.3 Å². The highest BCUT2D eigenvalue weighted by atomic mass is 35.5. The summed E-state index contributed by atoms with van der Waals surface area (Å²) < 4.78 is 28.4. The van der Waals surface area contributed by atoms with Crippen LogP contribution in [0.4, 0.5) is 8.78 Å². The molecule has 0 aliphatic carbocycles. The van der Waals surface area contributed by atoms with Gasteiger partial charge in [0.1, 0.15) is 11.6 Å². The second-order valence-corrected chi connectivity index (χ2v) is 5.57. The maximum atomic E-state index is 14.4. The fraction of sp³-hybridized carbons (Fsp3) is 0.0526. The van der Waals surface area contributed by atoms with E-state index in [0.29, 0.717) is 16.7 Å². The lowest BCUT2D eigenvalue weighted by molar-refractivity contribution is 0.627. The molecule has 0 N–H and O–H groups in total. The zero-order valence-electron chi connectivity index (χ0n) is 11.9. The van der Waals surface area contributed by atoms with Crippen molar-refractivity contribution in [3.05, 3.63) is 82.9 Å². The van der Waals surface area contributed by atoms with Crippen LogP contribution in [0, 0.1) is 18.6 Å². The van der Waals surface area contributed by atoms with Crippen molar-refractivity contribution in [2.24, 2.45) is 0 Å². The molecule has 0 unspecified atom stereocenters. The lowest BCUT2D eigenvalue weighted by Crippen LogP contribution is -1.89. The van der Waals surface area contributed by atoms with E-state index in [0.717, 1.165) is 11.1 Å². The quantitative estimate of drug-likeness (QED) is 0.523. The monoisotopic (exact) mass is 314 g/mol. The van der Waals surface area contributed by atoms with Gasteiger partial charge < -0.3 is 0 Å². The lowest BCUT2D eigenvalue weighted by Gasteiger charge is -2.09. The third-order valence-electron chi connectivity index (χ3n) is 3.59. The number of rotatable bonds is 2. The molecule has 0 nitrogen and oxygen atoms in total. The van der Waals surface area contributed by atoms with Crippen LogP contribution >= 0.6 is 11.6 Å². The maximum absolute atomic E-state index is 14.4. The Morgan fingerprint density at radius 2 is 1.45 bits per heavy atom. The first-order chi connectivity index (χ1) is 10.6. The molecular weight excluding hydrogens is 302 g/mol. The minimum atomic E-state index is -0.536. The topological polar surface area (TPSA) is 0 Å². The third-order valence-corrected chi connectivity index (χ3v) is 3.89. The van der Waals surface area contributed by atoms with Crippen LogP contribution < -0.4 is 0 Å². The highest BCUT2D eigenvalue weighted by Crippen LogP contribution is 2.31. The Bertz CT molecular complexity index is 823. The molecule has 0 atom stereocenters. The third kappa shape index (κ3) is 2.75. The van der Waals surface area contributed by atoms with Gasteiger partial charge in [0.05, 0.1) is 5.02 Å². The van der Waals surface area contributed by atoms with Gasteiger partial charge in [-0.25, -0.2) is 8.78 Å². The molecule has 0 bridgehead atoms. The van der Waals surface area contributed by atoms with Crippen molar-refractivity contribution in [1.29, 1.82) is 0 Å². The molecule has 0 aliphatic heterocycles. The van der Waals surface area contributed by atoms with E-state index in [9.17, 15) is 8.78 Å². The highest BCUT2D eigenvalue weighted by Gasteiger charge is 2.12. The zero-order chi connectivity index (χ0) is 15.7. The Hall–Kier alpha value is -2.19. The van der Waals surface area contributed by atoms with Crippen molar-refractivity contribution >= 4 is 11.6 Å². The summed E-state index contributed by atoms with van der Waals surface area (Å²) in [6.07, 6.45) is 0. The summed E-state index contributed by atoms with van der Waals surface area (Å²) in [5.41, 5.74) is 3.16. The van der Waals surface area contributed by atoms with Gasteiger partial charge >= 0.3 is 0 Å². The molecule has 3 aromatic rings. The van der Waals surface area contributed by atoms with Crippen LogP contribution in [0.1, 0.15) is 5.56 Å². The molecule has 0 saturated carbocycles. The van der Waals surface area contributed by atoms with Crippen molar-refractivity contribution in [3.8, 4) is 22.3 Å². The Kier molecular flexibility index (Phi) is 3.95. The van der Waals surface area contributed by atoms with E-state index in [1.54, 1.807) is 24.3 Å². The fourth-order valence-electron chi connectivity index (χ4n) is 2.38. The molecular formula is C19H13ClF2. The average Bonchev–Trinajstić information content (AvgIpc) is 2.51. The predicted octanol–water partition coefficient (Wildman–Crippen LogP) is 6.26. The smallest absolute Gasteiger partial charge is 0.149 e. The van der Waals surface area contributed by atoms with Gasteiger partial charge in [-0.2, -0.15) is 0 Å². The van der Waals surface area contributed by atoms with Crippen LogP contribution in [0.15, 0.2) is 60.7 Å². The Labute approximate surface area is 133 Å². The fourth-order valence-corrected chi connectivity index (χ4v) is 2.55. The molecule has 3 rings (SSSR count). The minimum Gasteiger partial charge on any atom is -0.206 e. The van der Waals surface area contributed by atoms with Crippen LogP contribution in [0.2, 0.25) is 5.02 Å². The van der Waals surface area contributed by atoms with E-state index in [-0.39, 0.29) is 10.8 Å². The largest absolute Gasteiger partial charge is 0.206 e. The van der Waals surface area contributed by atoms with Gasteiger partial charge in [-0.3, -0.25) is 0 Å². The first-order valence-electron chi connectivity index (χ1n) is 6.87. The summed E-state index contributed by atoms with van der Waals surface area (Å²) in [4.78, 5) is 0. The summed E-state index contributed by atoms with van der Waals surface area (Å²) >= 11 is 5.78. The molecule has 0 fully saturated rings. The number of hydrogen-bond acceptors (Lipinski definition) is 0. The van der Waals surface area contributed by atoms with Crippen LogP contribution in [0.5, 0.6) is 0 Å². The molecule has 3 heteroatoms. The first kappa shape index (κ1) is 14.7. The lowest BCUT2D eigenvalue weighted by atomic mass is 9.99. The second-order valence-electron chi connectivity index (χ2n) is 5.16. The van der Waals surface area contributed by atoms with Gasteiger partial charge in [0.15, 0.2) is 0 Å². The Morgan fingerprint density at radius 3 is 2.14 bits per heavy atom. The van der Waals surface area contributed by atoms with Gasteiger partial charge in [0, 0.05) is 11.1 Å². The molecule has 0 spiro atoms. The van der Waals surface area contributed by atoms with E-state index in [1.807, 2.05) is 31.2 Å². The van der Waals surface area contributed by atoms with E-state index < -0.39 is 5.82 Å². The van der Waals surface area contributed by atoms with Crippen molar-refractivity contribution in [3.63, 3.8) is 0 Å². The van der Waals surface area contributed by atoms with Gasteiger partial charge in [-0.05, 0) is 30.2 Å². The highest BCUT2D eigenvalue weighted by molar-refractivity contribution is 6.31. The van der Waals surface area contributed by atoms with E-state index >= 15 is 0 Å². The van der Waals surface area contributed by atoms with E-state index in [4.69, 9.17) is 11.6 Å². The summed E-state index contributed by atoms with van der Waals surface area (Å²) in [6, 6.07) is 17.0. The SMILES string of the molecule is Cc1ccc(-c2ccc(-c3cccc(Cl)c3F)cc2F)cc1. The normalized spacial score (nSPS) is 10.7. The predicted molar refractivity (Wildman–Crippen MR) is 87.0 cm³/mol. The van der Waals surface area contributed by atoms with Crippen LogP contribution in [-0.2, 0) is 0 Å². The molecule has 0 heterocycles. The molecule has 110 valence electrons. The number of halogens is 3. The standard InChI is InChI=1S/C19H13ClF2/c1-12-5-7-13(8-6-12)15-10-9-14(11-18(15)21)16-3-2-4-17(20)19(16)22/h2-11H,1H3. The number of hydrogen-bond donors (Lipinski definition) is 0. The maximum Gasteiger partial charge on any atom is 0.149 e. The van der Waals surface area contributed by atoms with Gasteiger partial charge in [-0.15, -0.1) is 0 Å². The Morgan fingerprint density at radius 1 is 0.773 bits per heavy atom. The Balaban J connectivity index is 2.06. The number of benzene rings is 3. The molecule has 0 aliphatic rings. The minimum absolute atomic E-state index is 0.0283. The summed E-state index contributed by atoms with van der Waals surface area (Å²) in [6.45, 7) is 1.98. The number of aryl methyl sites for hydroxylation is 1. The van der Waals surface area contributed by atoms with Crippen LogP contribution in [-0.4, -0.2) is 0 Å². The molecule has 3 aromatic carbocycles. The van der Waals surface area contributed by atoms with E-state index in [2.05, 4.69) is 0 Å². The van der Waals surface area contributed by atoms with Gasteiger partial charge in [0.25, 0.3) is 0 Å². The molecule has 0 radical (unpaired) electrons. The first-order valence-corrected chi connectivity index (χ1v) is 7.25. The second kappa shape index (κ2) is 5.90. The van der Waals surface area contributed by atoms with Gasteiger partial charge in [0.2, 0.25) is 0 Å². The van der Waals surface area contributed by atoms with Crippen molar-refractivity contribution < 1.29 is 8.78 Å². The van der Waals surface area contributed by atoms with Crippen molar-refractivity contribution in [1.82, 2.24) is 0 Å². The molecule has 22 heavy (non-hydrogen) atoms. The van der Waals surface area contributed by atoms with Crippen molar-refractivity contribution in [2.45, 2.75) is 6.92 Å². The van der Waals surface area contributed by atoms with Crippen LogP contribution in [0.3, 0.4) is 0 Å². The van der Waals surface area contributed by atoms with Crippen molar-refractivity contribution in [2.75, 3.05) is 0 Å². The summed E-state index contributed by atoms with van der Waals surface area (Å²) in [7, 11) is 0.